The summed E-state index contributed by atoms with van der Waals surface area (Å²) in [5.74, 6) is -0.474. The summed E-state index contributed by atoms with van der Waals surface area (Å²) in [5, 5.41) is 12.6. The van der Waals surface area contributed by atoms with E-state index in [2.05, 4.69) is 11.2 Å². The Kier molecular flexibility index (Phi) is 3.94. The molecule has 0 bridgehead atoms. The van der Waals surface area contributed by atoms with Crippen molar-refractivity contribution >= 4 is 5.91 Å². The maximum atomic E-state index is 11.0. The van der Waals surface area contributed by atoms with Gasteiger partial charge >= 0.3 is 0 Å². The topological polar surface area (TPSA) is 84.7 Å². The van der Waals surface area contributed by atoms with Crippen molar-refractivity contribution in [1.82, 2.24) is 9.78 Å². The van der Waals surface area contributed by atoms with Crippen LogP contribution in [0.1, 0.15) is 27.9 Å². The Bertz CT molecular complexity index is 607. The van der Waals surface area contributed by atoms with Crippen molar-refractivity contribution in [3.05, 3.63) is 53.3 Å². The van der Waals surface area contributed by atoms with Gasteiger partial charge in [-0.05, 0) is 17.5 Å². The standard InChI is InChI=1S/C14H14N4O/c15-7-1-2-11-3-5-12(6-4-11)9-18-10-13(8-17-18)14(16)19/h3-6,8,10H,1-2,9H2,(H2,16,19). The summed E-state index contributed by atoms with van der Waals surface area (Å²) in [6.07, 6.45) is 4.39. The van der Waals surface area contributed by atoms with Crippen molar-refractivity contribution in [3.63, 3.8) is 0 Å². The maximum Gasteiger partial charge on any atom is 0.251 e. The van der Waals surface area contributed by atoms with E-state index >= 15 is 0 Å². The molecule has 2 rings (SSSR count). The van der Waals surface area contributed by atoms with Gasteiger partial charge in [0.05, 0.1) is 24.4 Å². The number of amides is 1. The highest BCUT2D eigenvalue weighted by molar-refractivity contribution is 5.92. The molecule has 0 spiro atoms. The first-order chi connectivity index (χ1) is 9.19. The van der Waals surface area contributed by atoms with E-state index in [4.69, 9.17) is 11.0 Å². The van der Waals surface area contributed by atoms with E-state index in [1.807, 2.05) is 24.3 Å². The number of primary amides is 1. The molecule has 19 heavy (non-hydrogen) atoms. The van der Waals surface area contributed by atoms with Crippen LogP contribution >= 0.6 is 0 Å². The van der Waals surface area contributed by atoms with Gasteiger partial charge in [-0.2, -0.15) is 10.4 Å². The summed E-state index contributed by atoms with van der Waals surface area (Å²) in [5.41, 5.74) is 7.80. The molecule has 2 N–H and O–H groups in total. The van der Waals surface area contributed by atoms with Crippen molar-refractivity contribution in [1.29, 1.82) is 5.26 Å². The first-order valence-electron chi connectivity index (χ1n) is 5.96. The van der Waals surface area contributed by atoms with Crippen molar-refractivity contribution < 1.29 is 4.79 Å². The summed E-state index contributed by atoms with van der Waals surface area (Å²) in [4.78, 5) is 11.0. The molecular formula is C14H14N4O. The van der Waals surface area contributed by atoms with Crippen LogP contribution in [-0.2, 0) is 13.0 Å². The predicted octanol–water partition coefficient (Wildman–Crippen LogP) is 1.49. The van der Waals surface area contributed by atoms with E-state index in [0.29, 0.717) is 18.5 Å². The monoisotopic (exact) mass is 254 g/mol. The molecule has 0 unspecified atom stereocenters. The van der Waals surface area contributed by atoms with Gasteiger partial charge < -0.3 is 5.73 Å². The summed E-state index contributed by atoms with van der Waals surface area (Å²) < 4.78 is 1.67. The quantitative estimate of drug-likeness (QED) is 0.877. The molecule has 0 aliphatic rings. The smallest absolute Gasteiger partial charge is 0.251 e. The molecule has 2 aromatic rings. The molecule has 1 amide bonds. The lowest BCUT2D eigenvalue weighted by molar-refractivity contribution is 0.1000. The Morgan fingerprint density at radius 1 is 1.32 bits per heavy atom. The molecule has 96 valence electrons. The number of nitrogens with zero attached hydrogens (tertiary/aromatic N) is 3. The Morgan fingerprint density at radius 3 is 2.58 bits per heavy atom. The molecule has 1 aromatic carbocycles. The third-order valence-electron chi connectivity index (χ3n) is 2.81. The lowest BCUT2D eigenvalue weighted by Gasteiger charge is -2.03. The Balaban J connectivity index is 2.02. The first-order valence-corrected chi connectivity index (χ1v) is 5.96. The van der Waals surface area contributed by atoms with Gasteiger partial charge in [-0.1, -0.05) is 24.3 Å². The van der Waals surface area contributed by atoms with E-state index in [1.54, 1.807) is 10.9 Å². The number of benzene rings is 1. The maximum absolute atomic E-state index is 11.0. The number of hydrogen-bond acceptors (Lipinski definition) is 3. The highest BCUT2D eigenvalue weighted by Gasteiger charge is 2.04. The highest BCUT2D eigenvalue weighted by atomic mass is 16.1. The Morgan fingerprint density at radius 2 is 2.00 bits per heavy atom. The van der Waals surface area contributed by atoms with Gasteiger partial charge in [0.1, 0.15) is 0 Å². The van der Waals surface area contributed by atoms with Gasteiger partial charge in [0.25, 0.3) is 5.91 Å². The molecular weight excluding hydrogens is 240 g/mol. The zero-order valence-electron chi connectivity index (χ0n) is 10.4. The minimum Gasteiger partial charge on any atom is -0.366 e. The first kappa shape index (κ1) is 12.8. The lowest BCUT2D eigenvalue weighted by Crippen LogP contribution is -2.09. The summed E-state index contributed by atoms with van der Waals surface area (Å²) in [7, 11) is 0. The number of aromatic nitrogens is 2. The molecule has 0 aliphatic heterocycles. The molecule has 0 fully saturated rings. The Hall–Kier alpha value is -2.61. The van der Waals surface area contributed by atoms with Crippen LogP contribution in [0.2, 0.25) is 0 Å². The average molecular weight is 254 g/mol. The molecule has 5 nitrogen and oxygen atoms in total. The van der Waals surface area contributed by atoms with E-state index in [1.165, 1.54) is 6.20 Å². The number of carbonyl (C=O) groups is 1. The highest BCUT2D eigenvalue weighted by Crippen LogP contribution is 2.08. The minimum atomic E-state index is -0.474. The van der Waals surface area contributed by atoms with Crippen LogP contribution in [0.3, 0.4) is 0 Å². The second-order valence-corrected chi connectivity index (χ2v) is 4.27. The molecule has 5 heteroatoms. The summed E-state index contributed by atoms with van der Waals surface area (Å²) in [6.45, 7) is 0.589. The van der Waals surface area contributed by atoms with Gasteiger partial charge in [0.15, 0.2) is 0 Å². The summed E-state index contributed by atoms with van der Waals surface area (Å²) >= 11 is 0. The number of nitriles is 1. The van der Waals surface area contributed by atoms with Crippen LogP contribution in [0.25, 0.3) is 0 Å². The molecule has 0 aliphatic carbocycles. The van der Waals surface area contributed by atoms with Crippen LogP contribution in [0.15, 0.2) is 36.7 Å². The zero-order chi connectivity index (χ0) is 13.7. The average Bonchev–Trinajstić information content (AvgIpc) is 2.87. The lowest BCUT2D eigenvalue weighted by atomic mass is 10.1. The third kappa shape index (κ3) is 3.42. The van der Waals surface area contributed by atoms with E-state index < -0.39 is 5.91 Å². The fraction of sp³-hybridized carbons (Fsp3) is 0.214. The fourth-order valence-corrected chi connectivity index (χ4v) is 1.78. The normalized spacial score (nSPS) is 10.1. The molecule has 0 saturated heterocycles. The van der Waals surface area contributed by atoms with E-state index in [9.17, 15) is 4.79 Å². The van der Waals surface area contributed by atoms with Crippen molar-refractivity contribution in [2.24, 2.45) is 5.73 Å². The summed E-state index contributed by atoms with van der Waals surface area (Å²) in [6, 6.07) is 10.1. The van der Waals surface area contributed by atoms with Crippen LogP contribution in [0.4, 0.5) is 0 Å². The SMILES string of the molecule is N#CCCc1ccc(Cn2cc(C(N)=O)cn2)cc1. The van der Waals surface area contributed by atoms with Crippen molar-refractivity contribution in [2.75, 3.05) is 0 Å². The van der Waals surface area contributed by atoms with Gasteiger partial charge in [0, 0.05) is 12.6 Å². The second-order valence-electron chi connectivity index (χ2n) is 4.27. The van der Waals surface area contributed by atoms with Crippen LogP contribution < -0.4 is 5.73 Å². The van der Waals surface area contributed by atoms with Crippen LogP contribution in [0, 0.1) is 11.3 Å². The minimum absolute atomic E-state index is 0.408. The van der Waals surface area contributed by atoms with E-state index in [-0.39, 0.29) is 0 Å². The van der Waals surface area contributed by atoms with Crippen LogP contribution in [-0.4, -0.2) is 15.7 Å². The zero-order valence-corrected chi connectivity index (χ0v) is 10.4. The molecule has 1 aromatic heterocycles. The van der Waals surface area contributed by atoms with Gasteiger partial charge in [-0.3, -0.25) is 9.48 Å². The Labute approximate surface area is 111 Å². The fourth-order valence-electron chi connectivity index (χ4n) is 1.78. The molecule has 0 saturated carbocycles. The number of rotatable bonds is 5. The molecule has 1 heterocycles. The number of carbonyl (C=O) groups excluding carboxylic acids is 1. The number of nitrogens with two attached hydrogens (primary N) is 1. The number of aryl methyl sites for hydroxylation is 1. The van der Waals surface area contributed by atoms with Gasteiger partial charge in [-0.25, -0.2) is 0 Å². The molecule has 0 atom stereocenters. The predicted molar refractivity (Wildman–Crippen MR) is 70.2 cm³/mol. The number of hydrogen-bond donors (Lipinski definition) is 1. The second kappa shape index (κ2) is 5.83. The van der Waals surface area contributed by atoms with Crippen LogP contribution in [0.5, 0.6) is 0 Å². The largest absolute Gasteiger partial charge is 0.366 e. The molecule has 0 radical (unpaired) electrons. The van der Waals surface area contributed by atoms with E-state index in [0.717, 1.165) is 17.5 Å². The van der Waals surface area contributed by atoms with Crippen molar-refractivity contribution in [2.45, 2.75) is 19.4 Å². The third-order valence-corrected chi connectivity index (χ3v) is 2.81. The van der Waals surface area contributed by atoms with Crippen molar-refractivity contribution in [3.8, 4) is 6.07 Å². The van der Waals surface area contributed by atoms with Gasteiger partial charge in [0.2, 0.25) is 0 Å². The van der Waals surface area contributed by atoms with Gasteiger partial charge in [-0.15, -0.1) is 0 Å².